The van der Waals surface area contributed by atoms with Crippen LogP contribution in [0.25, 0.3) is 22.3 Å². The minimum atomic E-state index is -4.66. The van der Waals surface area contributed by atoms with Gasteiger partial charge in [0.05, 0.1) is 32.5 Å². The Labute approximate surface area is 253 Å². The number of non-ortho nitro benzene ring substituents is 1. The van der Waals surface area contributed by atoms with E-state index in [2.05, 4.69) is 26.0 Å². The molecule has 0 amide bonds. The van der Waals surface area contributed by atoms with E-state index in [4.69, 9.17) is 4.74 Å². The topological polar surface area (TPSA) is 143 Å². The van der Waals surface area contributed by atoms with Crippen LogP contribution in [0.1, 0.15) is 16.7 Å². The number of hydrogen-bond acceptors (Lipinski definition) is 8. The fourth-order valence-electron chi connectivity index (χ4n) is 4.28. The second-order valence-corrected chi connectivity index (χ2v) is 10.1. The van der Waals surface area contributed by atoms with Gasteiger partial charge in [-0.3, -0.25) is 25.0 Å². The molecule has 4 aromatic carbocycles. The molecule has 1 aromatic heterocycles. The fourth-order valence-corrected chi connectivity index (χ4v) is 4.74. The normalized spacial score (nSPS) is 11.6. The number of rotatable bonds is 8. The summed E-state index contributed by atoms with van der Waals surface area (Å²) >= 11 is 3.20. The number of hydrogen-bond donors (Lipinski definition) is 0. The third-order valence-electron chi connectivity index (χ3n) is 6.28. The van der Waals surface area contributed by atoms with E-state index >= 15 is 0 Å². The van der Waals surface area contributed by atoms with Crippen molar-refractivity contribution >= 4 is 44.4 Å². The second-order valence-electron chi connectivity index (χ2n) is 9.21. The second kappa shape index (κ2) is 12.0. The summed E-state index contributed by atoms with van der Waals surface area (Å²) in [5.74, 6) is -0.476. The van der Waals surface area contributed by atoms with Crippen LogP contribution in [0.2, 0.25) is 0 Å². The minimum Gasteiger partial charge on any atom is -0.481 e. The Morgan fingerprint density at radius 1 is 0.955 bits per heavy atom. The summed E-state index contributed by atoms with van der Waals surface area (Å²) in [5.41, 5.74) is -1.82. The summed E-state index contributed by atoms with van der Waals surface area (Å²) in [4.78, 5) is 39.7. The van der Waals surface area contributed by atoms with Crippen molar-refractivity contribution in [3.63, 3.8) is 0 Å². The first kappa shape index (κ1) is 30.0. The predicted octanol–water partition coefficient (Wildman–Crippen LogP) is 7.12. The van der Waals surface area contributed by atoms with E-state index in [9.17, 15) is 38.2 Å². The van der Waals surface area contributed by atoms with Gasteiger partial charge in [0, 0.05) is 33.8 Å². The number of benzene rings is 4. The maximum absolute atomic E-state index is 13.5. The zero-order valence-corrected chi connectivity index (χ0v) is 23.7. The van der Waals surface area contributed by atoms with E-state index in [1.165, 1.54) is 60.7 Å². The highest BCUT2D eigenvalue weighted by atomic mass is 79.9. The Morgan fingerprint density at radius 3 is 2.43 bits per heavy atom. The lowest BCUT2D eigenvalue weighted by Crippen LogP contribution is -2.20. The molecule has 0 saturated heterocycles. The lowest BCUT2D eigenvalue weighted by molar-refractivity contribution is -0.386. The summed E-state index contributed by atoms with van der Waals surface area (Å²) in [7, 11) is 0. The lowest BCUT2D eigenvalue weighted by Gasteiger charge is -2.13. The molecule has 11 nitrogen and oxygen atoms in total. The molecule has 15 heteroatoms. The molecule has 222 valence electrons. The Hall–Kier alpha value is -5.44. The Kier molecular flexibility index (Phi) is 8.22. The number of halogens is 4. The smallest absolute Gasteiger partial charge is 0.416 e. The summed E-state index contributed by atoms with van der Waals surface area (Å²) in [6.45, 7) is -0.294. The van der Waals surface area contributed by atoms with Gasteiger partial charge in [0.25, 0.3) is 11.2 Å². The molecule has 1 heterocycles. The lowest BCUT2D eigenvalue weighted by atomic mass is 10.1. The highest BCUT2D eigenvalue weighted by Gasteiger charge is 2.31. The highest BCUT2D eigenvalue weighted by molar-refractivity contribution is 9.10. The van der Waals surface area contributed by atoms with E-state index in [1.807, 2.05) is 0 Å². The molecule has 44 heavy (non-hydrogen) atoms. The molecule has 0 aliphatic carbocycles. The van der Waals surface area contributed by atoms with Crippen LogP contribution in [-0.2, 0) is 12.8 Å². The van der Waals surface area contributed by atoms with Crippen LogP contribution in [0.15, 0.2) is 99.3 Å². The van der Waals surface area contributed by atoms with E-state index in [-0.39, 0.29) is 50.4 Å². The van der Waals surface area contributed by atoms with Crippen molar-refractivity contribution in [3.05, 3.63) is 137 Å². The maximum atomic E-state index is 13.5. The number of ether oxygens (including phenoxy) is 1. The molecule has 0 atom stereocenters. The molecule has 0 unspecified atom stereocenters. The highest BCUT2D eigenvalue weighted by Crippen LogP contribution is 2.35. The summed E-state index contributed by atoms with van der Waals surface area (Å²) < 4.78 is 47.3. The van der Waals surface area contributed by atoms with E-state index in [0.717, 1.165) is 23.0 Å². The average Bonchev–Trinajstić information content (AvgIpc) is 2.99. The van der Waals surface area contributed by atoms with Gasteiger partial charge in [-0.2, -0.15) is 22.9 Å². The quantitative estimate of drug-likeness (QED) is 0.0973. The monoisotopic (exact) mass is 667 g/mol. The van der Waals surface area contributed by atoms with Gasteiger partial charge in [-0.15, -0.1) is 0 Å². The molecule has 0 aliphatic rings. The van der Waals surface area contributed by atoms with Crippen LogP contribution in [0, 0.1) is 20.2 Å². The number of nitro groups is 2. The van der Waals surface area contributed by atoms with E-state index < -0.39 is 32.8 Å². The van der Waals surface area contributed by atoms with Gasteiger partial charge in [-0.05, 0) is 35.9 Å². The van der Waals surface area contributed by atoms with Crippen molar-refractivity contribution in [1.29, 1.82) is 0 Å². The zero-order valence-electron chi connectivity index (χ0n) is 22.1. The standard InChI is InChI=1S/C29H17BrF3N5O6/c30-21-13-19(26(25(14-21)38(42)43)44-16-17-5-3-8-22(11-17)37(40)41)15-34-36-27(18-6-4-7-20(12-18)29(31,32)33)35-24-10-2-1-9-23(24)28(36)39/h1-15H,16H2. The predicted molar refractivity (Wildman–Crippen MR) is 158 cm³/mol. The van der Waals surface area contributed by atoms with Crippen molar-refractivity contribution < 1.29 is 27.8 Å². The van der Waals surface area contributed by atoms with E-state index in [0.29, 0.717) is 5.56 Å². The molecule has 5 rings (SSSR count). The number of nitro benzene ring substituents is 2. The molecular formula is C29H17BrF3N5O6. The van der Waals surface area contributed by atoms with Gasteiger partial charge in [0.15, 0.2) is 5.82 Å². The van der Waals surface area contributed by atoms with E-state index in [1.54, 1.807) is 12.1 Å². The fraction of sp³-hybridized carbons (Fsp3) is 0.0690. The van der Waals surface area contributed by atoms with Gasteiger partial charge in [-0.25, -0.2) is 4.98 Å². The van der Waals surface area contributed by atoms with Gasteiger partial charge in [-0.1, -0.05) is 52.3 Å². The molecule has 5 aromatic rings. The first-order valence-corrected chi connectivity index (χ1v) is 13.3. The van der Waals surface area contributed by atoms with Gasteiger partial charge >= 0.3 is 11.9 Å². The van der Waals surface area contributed by atoms with Crippen LogP contribution in [0.5, 0.6) is 5.75 Å². The maximum Gasteiger partial charge on any atom is 0.416 e. The van der Waals surface area contributed by atoms with Crippen LogP contribution in [0.3, 0.4) is 0 Å². The summed E-state index contributed by atoms with van der Waals surface area (Å²) in [6, 6.07) is 18.5. The molecule has 0 fully saturated rings. The third-order valence-corrected chi connectivity index (χ3v) is 6.74. The first-order valence-electron chi connectivity index (χ1n) is 12.5. The SMILES string of the molecule is O=c1c2ccccc2nc(-c2cccc(C(F)(F)F)c2)n1N=Cc1cc(Br)cc([N+](=O)[O-])c1OCc1cccc([N+](=O)[O-])c1. The number of para-hydroxylation sites is 1. The first-order chi connectivity index (χ1) is 20.9. The number of aromatic nitrogens is 2. The van der Waals surface area contributed by atoms with Gasteiger partial charge < -0.3 is 4.74 Å². The number of nitrogens with zero attached hydrogens (tertiary/aromatic N) is 5. The van der Waals surface area contributed by atoms with Crippen LogP contribution >= 0.6 is 15.9 Å². The van der Waals surface area contributed by atoms with Crippen LogP contribution in [0.4, 0.5) is 24.5 Å². The van der Waals surface area contributed by atoms with Gasteiger partial charge in [0.1, 0.15) is 6.61 Å². The molecule has 0 aliphatic heterocycles. The summed E-state index contributed by atoms with van der Waals surface area (Å²) in [6.07, 6.45) is -3.59. The van der Waals surface area contributed by atoms with Crippen molar-refractivity contribution in [3.8, 4) is 17.1 Å². The molecular weight excluding hydrogens is 651 g/mol. The van der Waals surface area contributed by atoms with Crippen molar-refractivity contribution in [2.75, 3.05) is 0 Å². The molecule has 0 radical (unpaired) electrons. The minimum absolute atomic E-state index is 0.0200. The molecule has 0 saturated carbocycles. The van der Waals surface area contributed by atoms with Crippen molar-refractivity contribution in [1.82, 2.24) is 9.66 Å². The Balaban J connectivity index is 1.65. The van der Waals surface area contributed by atoms with Crippen LogP contribution in [-0.4, -0.2) is 25.7 Å². The number of fused-ring (bicyclic) bond motifs is 1. The molecule has 0 spiro atoms. The third kappa shape index (κ3) is 6.32. The Morgan fingerprint density at radius 2 is 1.70 bits per heavy atom. The molecule has 0 bridgehead atoms. The molecule has 0 N–H and O–H groups in total. The average molecular weight is 668 g/mol. The van der Waals surface area contributed by atoms with Gasteiger partial charge in [0.2, 0.25) is 5.75 Å². The van der Waals surface area contributed by atoms with Crippen molar-refractivity contribution in [2.24, 2.45) is 5.10 Å². The van der Waals surface area contributed by atoms with Crippen molar-refractivity contribution in [2.45, 2.75) is 12.8 Å². The largest absolute Gasteiger partial charge is 0.481 e. The zero-order chi connectivity index (χ0) is 31.6. The van der Waals surface area contributed by atoms with Crippen LogP contribution < -0.4 is 10.3 Å². The number of alkyl halides is 3. The summed E-state index contributed by atoms with van der Waals surface area (Å²) in [5, 5.41) is 27.4. The Bertz CT molecular complexity index is 2030.